The molecule has 6 heteroatoms. The summed E-state index contributed by atoms with van der Waals surface area (Å²) in [5, 5.41) is 3.03. The molecule has 0 radical (unpaired) electrons. The van der Waals surface area contributed by atoms with Gasteiger partial charge < -0.3 is 10.2 Å². The first kappa shape index (κ1) is 16.0. The maximum absolute atomic E-state index is 12.4. The number of nitrogens with one attached hydrogen (secondary N) is 1. The number of benzene rings is 1. The zero-order valence-corrected chi connectivity index (χ0v) is 14.1. The van der Waals surface area contributed by atoms with E-state index in [1.54, 1.807) is 12.1 Å². The first-order valence-electron chi connectivity index (χ1n) is 7.52. The number of amides is 2. The lowest BCUT2D eigenvalue weighted by Crippen LogP contribution is -2.38. The number of rotatable bonds is 5. The SMILES string of the molecule is O=C(N[C@H](CN1CCCC1=O)c1ccccc1)c1ccc(Cl)s1. The van der Waals surface area contributed by atoms with E-state index in [1.165, 1.54) is 11.3 Å². The average molecular weight is 349 g/mol. The molecule has 23 heavy (non-hydrogen) atoms. The highest BCUT2D eigenvalue weighted by Crippen LogP contribution is 2.23. The monoisotopic (exact) mass is 348 g/mol. The molecule has 0 saturated carbocycles. The molecule has 1 aromatic carbocycles. The largest absolute Gasteiger partial charge is 0.343 e. The Kier molecular flexibility index (Phi) is 4.98. The van der Waals surface area contributed by atoms with Crippen molar-refractivity contribution in [2.75, 3.05) is 13.1 Å². The average Bonchev–Trinajstić information content (AvgIpc) is 3.16. The Balaban J connectivity index is 1.77. The molecular formula is C17H17ClN2O2S. The highest BCUT2D eigenvalue weighted by Gasteiger charge is 2.25. The molecule has 0 aliphatic carbocycles. The van der Waals surface area contributed by atoms with Crippen LogP contribution in [0.2, 0.25) is 4.34 Å². The lowest BCUT2D eigenvalue weighted by Gasteiger charge is -2.25. The lowest BCUT2D eigenvalue weighted by molar-refractivity contribution is -0.128. The van der Waals surface area contributed by atoms with Crippen molar-refractivity contribution in [2.24, 2.45) is 0 Å². The van der Waals surface area contributed by atoms with E-state index in [4.69, 9.17) is 11.6 Å². The maximum Gasteiger partial charge on any atom is 0.261 e. The van der Waals surface area contributed by atoms with Crippen LogP contribution in [0.4, 0.5) is 0 Å². The zero-order chi connectivity index (χ0) is 16.2. The molecule has 1 N–H and O–H groups in total. The Morgan fingerprint density at radius 3 is 2.65 bits per heavy atom. The van der Waals surface area contributed by atoms with Crippen molar-refractivity contribution in [3.63, 3.8) is 0 Å². The number of carbonyl (C=O) groups is 2. The lowest BCUT2D eigenvalue weighted by atomic mass is 10.1. The molecule has 1 fully saturated rings. The van der Waals surface area contributed by atoms with Crippen molar-refractivity contribution in [3.8, 4) is 0 Å². The molecule has 1 aromatic heterocycles. The number of hydrogen-bond donors (Lipinski definition) is 1. The van der Waals surface area contributed by atoms with Crippen molar-refractivity contribution in [2.45, 2.75) is 18.9 Å². The predicted octanol–water partition coefficient (Wildman–Crippen LogP) is 3.50. The van der Waals surface area contributed by atoms with Crippen LogP contribution < -0.4 is 5.32 Å². The molecular weight excluding hydrogens is 332 g/mol. The van der Waals surface area contributed by atoms with E-state index >= 15 is 0 Å². The fourth-order valence-electron chi connectivity index (χ4n) is 2.70. The van der Waals surface area contributed by atoms with Gasteiger partial charge in [0.2, 0.25) is 5.91 Å². The Morgan fingerprint density at radius 2 is 2.04 bits per heavy atom. The zero-order valence-electron chi connectivity index (χ0n) is 12.5. The minimum Gasteiger partial charge on any atom is -0.343 e. The summed E-state index contributed by atoms with van der Waals surface area (Å²) in [4.78, 5) is 26.7. The normalized spacial score (nSPS) is 15.7. The smallest absolute Gasteiger partial charge is 0.261 e. The van der Waals surface area contributed by atoms with Gasteiger partial charge in [0.1, 0.15) is 0 Å². The first-order chi connectivity index (χ1) is 11.1. The van der Waals surface area contributed by atoms with Gasteiger partial charge in [-0.25, -0.2) is 0 Å². The minimum atomic E-state index is -0.230. The molecule has 2 amide bonds. The van der Waals surface area contributed by atoms with Gasteiger partial charge in [-0.2, -0.15) is 0 Å². The van der Waals surface area contributed by atoms with Gasteiger partial charge in [0.05, 0.1) is 15.3 Å². The highest BCUT2D eigenvalue weighted by molar-refractivity contribution is 7.18. The maximum atomic E-state index is 12.4. The molecule has 1 atom stereocenters. The fourth-order valence-corrected chi connectivity index (χ4v) is 3.65. The topological polar surface area (TPSA) is 49.4 Å². The van der Waals surface area contributed by atoms with Gasteiger partial charge in [0.15, 0.2) is 0 Å². The second kappa shape index (κ2) is 7.15. The minimum absolute atomic E-state index is 0.152. The molecule has 0 bridgehead atoms. The third-order valence-electron chi connectivity index (χ3n) is 3.88. The number of nitrogens with zero attached hydrogens (tertiary/aromatic N) is 1. The molecule has 2 heterocycles. The first-order valence-corrected chi connectivity index (χ1v) is 8.72. The van der Waals surface area contributed by atoms with Gasteiger partial charge in [0.25, 0.3) is 5.91 Å². The Bertz CT molecular complexity index is 702. The second-order valence-corrected chi connectivity index (χ2v) is 7.20. The van der Waals surface area contributed by atoms with E-state index in [0.29, 0.717) is 22.2 Å². The van der Waals surface area contributed by atoms with E-state index < -0.39 is 0 Å². The van der Waals surface area contributed by atoms with E-state index in [1.807, 2.05) is 35.2 Å². The van der Waals surface area contributed by atoms with Crippen molar-refractivity contribution in [1.82, 2.24) is 10.2 Å². The number of hydrogen-bond acceptors (Lipinski definition) is 3. The Labute approximate surface area is 144 Å². The molecule has 0 spiro atoms. The Hall–Kier alpha value is -1.85. The van der Waals surface area contributed by atoms with Crippen LogP contribution in [0.5, 0.6) is 0 Å². The van der Waals surface area contributed by atoms with Gasteiger partial charge in [-0.05, 0) is 24.1 Å². The number of likely N-dealkylation sites (tertiary alicyclic amines) is 1. The quantitative estimate of drug-likeness (QED) is 0.899. The molecule has 2 aromatic rings. The summed E-state index contributed by atoms with van der Waals surface area (Å²) in [6.45, 7) is 1.25. The summed E-state index contributed by atoms with van der Waals surface area (Å²) in [6, 6.07) is 12.9. The van der Waals surface area contributed by atoms with Crippen molar-refractivity contribution in [1.29, 1.82) is 0 Å². The fraction of sp³-hybridized carbons (Fsp3) is 0.294. The van der Waals surface area contributed by atoms with Crippen LogP contribution in [0.3, 0.4) is 0 Å². The summed E-state index contributed by atoms with van der Waals surface area (Å²) in [5.41, 5.74) is 0.989. The van der Waals surface area contributed by atoms with Gasteiger partial charge in [-0.1, -0.05) is 41.9 Å². The molecule has 1 saturated heterocycles. The molecule has 1 aliphatic heterocycles. The van der Waals surface area contributed by atoms with E-state index in [9.17, 15) is 9.59 Å². The van der Waals surface area contributed by atoms with E-state index in [0.717, 1.165) is 18.5 Å². The number of carbonyl (C=O) groups excluding carboxylic acids is 2. The van der Waals surface area contributed by atoms with Gasteiger partial charge in [-0.3, -0.25) is 9.59 Å². The van der Waals surface area contributed by atoms with Crippen molar-refractivity contribution < 1.29 is 9.59 Å². The summed E-state index contributed by atoms with van der Waals surface area (Å²) in [6.07, 6.45) is 1.48. The van der Waals surface area contributed by atoms with E-state index in [2.05, 4.69) is 5.32 Å². The summed E-state index contributed by atoms with van der Waals surface area (Å²) < 4.78 is 0.584. The highest BCUT2D eigenvalue weighted by atomic mass is 35.5. The van der Waals surface area contributed by atoms with Crippen molar-refractivity contribution >= 4 is 34.8 Å². The molecule has 120 valence electrons. The standard InChI is InChI=1S/C17H17ClN2O2S/c18-15-9-8-14(23-15)17(22)19-13(12-5-2-1-3-6-12)11-20-10-4-7-16(20)21/h1-3,5-6,8-9,13H,4,7,10-11H2,(H,19,22)/t13-/m1/s1. The number of thiophene rings is 1. The van der Waals surface area contributed by atoms with Crippen LogP contribution >= 0.6 is 22.9 Å². The number of halogens is 1. The molecule has 1 aliphatic rings. The second-order valence-electron chi connectivity index (χ2n) is 5.48. The predicted molar refractivity (Wildman–Crippen MR) is 91.8 cm³/mol. The van der Waals surface area contributed by atoms with Crippen LogP contribution in [0.25, 0.3) is 0 Å². The molecule has 4 nitrogen and oxygen atoms in total. The van der Waals surface area contributed by atoms with Crippen LogP contribution in [-0.2, 0) is 4.79 Å². The summed E-state index contributed by atoms with van der Waals surface area (Å²) in [7, 11) is 0. The summed E-state index contributed by atoms with van der Waals surface area (Å²) >= 11 is 7.15. The van der Waals surface area contributed by atoms with Gasteiger partial charge in [-0.15, -0.1) is 11.3 Å². The van der Waals surface area contributed by atoms with Crippen LogP contribution in [0.1, 0.15) is 34.1 Å². The summed E-state index contributed by atoms with van der Waals surface area (Å²) in [5.74, 6) is -0.0123. The molecule has 0 unspecified atom stereocenters. The van der Waals surface area contributed by atoms with Crippen molar-refractivity contribution in [3.05, 3.63) is 57.2 Å². The third-order valence-corrected chi connectivity index (χ3v) is 5.11. The van der Waals surface area contributed by atoms with Crippen LogP contribution in [-0.4, -0.2) is 29.8 Å². The van der Waals surface area contributed by atoms with Crippen LogP contribution in [0.15, 0.2) is 42.5 Å². The van der Waals surface area contributed by atoms with Gasteiger partial charge >= 0.3 is 0 Å². The Morgan fingerprint density at radius 1 is 1.26 bits per heavy atom. The van der Waals surface area contributed by atoms with E-state index in [-0.39, 0.29) is 17.9 Å². The molecule has 3 rings (SSSR count). The van der Waals surface area contributed by atoms with Gasteiger partial charge in [0, 0.05) is 19.5 Å². The third kappa shape index (κ3) is 3.92. The van der Waals surface area contributed by atoms with Crippen LogP contribution in [0, 0.1) is 0 Å².